The molecule has 0 bridgehead atoms. The lowest BCUT2D eigenvalue weighted by atomic mass is 9.85. The second-order valence-electron chi connectivity index (χ2n) is 8.64. The largest absolute Gasteiger partial charge is 0.492 e. The predicted octanol–water partition coefficient (Wildman–Crippen LogP) is 8.30. The van der Waals surface area contributed by atoms with Crippen LogP contribution in [0.3, 0.4) is 0 Å². The van der Waals surface area contributed by atoms with E-state index in [1.165, 1.54) is 18.4 Å². The molecule has 0 saturated carbocycles. The molecule has 170 valence electrons. The molecule has 0 aliphatic heterocycles. The van der Waals surface area contributed by atoms with Crippen LogP contribution in [-0.4, -0.2) is 13.2 Å². The standard InChI is InChI=1S/C28H33BrO3/c1-4-5-9-17-31-27-16-15-23(19-26(27)29)28(2,3)21-30-20-22-11-10-14-25(18-22)32-24-12-7-6-8-13-24/h6-8,10-16,18-19H,4-5,9,17,20-21H2,1-3H3. The monoisotopic (exact) mass is 496 g/mol. The maximum absolute atomic E-state index is 6.10. The van der Waals surface area contributed by atoms with Gasteiger partial charge in [-0.2, -0.15) is 0 Å². The summed E-state index contributed by atoms with van der Waals surface area (Å²) in [5.74, 6) is 2.54. The smallest absolute Gasteiger partial charge is 0.133 e. The third-order valence-corrected chi connectivity index (χ3v) is 5.95. The van der Waals surface area contributed by atoms with Crippen LogP contribution in [0.4, 0.5) is 0 Å². The summed E-state index contributed by atoms with van der Waals surface area (Å²) in [7, 11) is 0. The highest BCUT2D eigenvalue weighted by atomic mass is 79.9. The lowest BCUT2D eigenvalue weighted by molar-refractivity contribution is 0.0823. The number of rotatable bonds is 12. The van der Waals surface area contributed by atoms with Crippen LogP contribution in [0.5, 0.6) is 17.2 Å². The van der Waals surface area contributed by atoms with E-state index in [4.69, 9.17) is 14.2 Å². The van der Waals surface area contributed by atoms with Gasteiger partial charge in [0.2, 0.25) is 0 Å². The Balaban J connectivity index is 1.54. The van der Waals surface area contributed by atoms with E-state index < -0.39 is 0 Å². The number of hydrogen-bond acceptors (Lipinski definition) is 3. The third-order valence-electron chi connectivity index (χ3n) is 5.33. The minimum absolute atomic E-state index is 0.124. The summed E-state index contributed by atoms with van der Waals surface area (Å²) in [4.78, 5) is 0. The first-order chi connectivity index (χ1) is 15.5. The normalized spacial score (nSPS) is 11.4. The van der Waals surface area contributed by atoms with Gasteiger partial charge in [-0.15, -0.1) is 0 Å². The van der Waals surface area contributed by atoms with E-state index in [0.717, 1.165) is 40.3 Å². The highest BCUT2D eigenvalue weighted by Gasteiger charge is 2.22. The van der Waals surface area contributed by atoms with Crippen LogP contribution in [-0.2, 0) is 16.8 Å². The molecule has 32 heavy (non-hydrogen) atoms. The molecule has 0 aromatic heterocycles. The van der Waals surface area contributed by atoms with Crippen molar-refractivity contribution in [1.82, 2.24) is 0 Å². The minimum Gasteiger partial charge on any atom is -0.492 e. The summed E-state index contributed by atoms with van der Waals surface area (Å²) < 4.78 is 18.9. The van der Waals surface area contributed by atoms with Crippen LogP contribution in [0.15, 0.2) is 77.3 Å². The van der Waals surface area contributed by atoms with Crippen molar-refractivity contribution < 1.29 is 14.2 Å². The molecule has 0 aliphatic rings. The Morgan fingerprint density at radius 2 is 1.62 bits per heavy atom. The molecule has 0 N–H and O–H groups in total. The van der Waals surface area contributed by atoms with Crippen LogP contribution < -0.4 is 9.47 Å². The Kier molecular flexibility index (Phi) is 9.19. The highest BCUT2D eigenvalue weighted by molar-refractivity contribution is 9.10. The number of ether oxygens (including phenoxy) is 3. The molecule has 3 aromatic rings. The highest BCUT2D eigenvalue weighted by Crippen LogP contribution is 2.32. The molecule has 0 spiro atoms. The van der Waals surface area contributed by atoms with Crippen molar-refractivity contribution >= 4 is 15.9 Å². The van der Waals surface area contributed by atoms with Crippen LogP contribution >= 0.6 is 15.9 Å². The number of para-hydroxylation sites is 1. The molecule has 0 heterocycles. The summed E-state index contributed by atoms with van der Waals surface area (Å²) >= 11 is 3.67. The first kappa shape index (κ1) is 24.3. The molecule has 3 aromatic carbocycles. The van der Waals surface area contributed by atoms with E-state index in [1.54, 1.807) is 0 Å². The Labute approximate surface area is 200 Å². The Morgan fingerprint density at radius 1 is 0.844 bits per heavy atom. The molecule has 3 nitrogen and oxygen atoms in total. The maximum atomic E-state index is 6.10. The minimum atomic E-state index is -0.124. The second kappa shape index (κ2) is 12.1. The van der Waals surface area contributed by atoms with E-state index in [-0.39, 0.29) is 5.41 Å². The van der Waals surface area contributed by atoms with Gasteiger partial charge >= 0.3 is 0 Å². The van der Waals surface area contributed by atoms with E-state index in [0.29, 0.717) is 13.2 Å². The number of hydrogen-bond donors (Lipinski definition) is 0. The van der Waals surface area contributed by atoms with Crippen molar-refractivity contribution in [3.8, 4) is 17.2 Å². The third kappa shape index (κ3) is 7.39. The summed E-state index contributed by atoms with van der Waals surface area (Å²) in [6.07, 6.45) is 3.48. The van der Waals surface area contributed by atoms with Crippen molar-refractivity contribution in [2.24, 2.45) is 0 Å². The quantitative estimate of drug-likeness (QED) is 0.236. The van der Waals surface area contributed by atoms with E-state index >= 15 is 0 Å². The van der Waals surface area contributed by atoms with Gasteiger partial charge in [0, 0.05) is 5.41 Å². The molecule has 0 radical (unpaired) electrons. The van der Waals surface area contributed by atoms with Crippen molar-refractivity contribution in [1.29, 1.82) is 0 Å². The van der Waals surface area contributed by atoms with E-state index in [1.807, 2.05) is 48.5 Å². The molecule has 0 atom stereocenters. The second-order valence-corrected chi connectivity index (χ2v) is 9.49. The van der Waals surface area contributed by atoms with Gasteiger partial charge in [-0.25, -0.2) is 0 Å². The van der Waals surface area contributed by atoms with E-state index in [9.17, 15) is 0 Å². The molecule has 4 heteroatoms. The van der Waals surface area contributed by atoms with Crippen LogP contribution in [0.2, 0.25) is 0 Å². The summed E-state index contributed by atoms with van der Waals surface area (Å²) in [5.41, 5.74) is 2.18. The molecule has 0 aliphatic carbocycles. The lowest BCUT2D eigenvalue weighted by Crippen LogP contribution is -2.24. The number of unbranched alkanes of at least 4 members (excludes halogenated alkanes) is 2. The lowest BCUT2D eigenvalue weighted by Gasteiger charge is -2.26. The van der Waals surface area contributed by atoms with Gasteiger partial charge in [0.1, 0.15) is 17.2 Å². The average Bonchev–Trinajstić information content (AvgIpc) is 2.78. The topological polar surface area (TPSA) is 27.7 Å². The fourth-order valence-electron chi connectivity index (χ4n) is 3.40. The van der Waals surface area contributed by atoms with Gasteiger partial charge in [0.05, 0.1) is 24.3 Å². The Bertz CT molecular complexity index is 969. The van der Waals surface area contributed by atoms with Gasteiger partial charge in [0.25, 0.3) is 0 Å². The zero-order chi connectivity index (χ0) is 22.8. The Morgan fingerprint density at radius 3 is 2.38 bits per heavy atom. The van der Waals surface area contributed by atoms with Gasteiger partial charge in [0.15, 0.2) is 0 Å². The maximum Gasteiger partial charge on any atom is 0.133 e. The molecule has 0 fully saturated rings. The fraction of sp³-hybridized carbons (Fsp3) is 0.357. The molecule has 0 amide bonds. The van der Waals surface area contributed by atoms with Crippen LogP contribution in [0, 0.1) is 0 Å². The van der Waals surface area contributed by atoms with Crippen LogP contribution in [0.25, 0.3) is 0 Å². The van der Waals surface area contributed by atoms with Gasteiger partial charge in [-0.3, -0.25) is 0 Å². The predicted molar refractivity (Wildman–Crippen MR) is 135 cm³/mol. The zero-order valence-corrected chi connectivity index (χ0v) is 20.9. The first-order valence-electron chi connectivity index (χ1n) is 11.3. The fourth-order valence-corrected chi connectivity index (χ4v) is 3.90. The van der Waals surface area contributed by atoms with Crippen molar-refractivity contribution in [2.75, 3.05) is 13.2 Å². The zero-order valence-electron chi connectivity index (χ0n) is 19.3. The van der Waals surface area contributed by atoms with Gasteiger partial charge < -0.3 is 14.2 Å². The number of benzene rings is 3. The molecular formula is C28H33BrO3. The first-order valence-corrected chi connectivity index (χ1v) is 12.1. The summed E-state index contributed by atoms with van der Waals surface area (Å²) in [5, 5.41) is 0. The summed E-state index contributed by atoms with van der Waals surface area (Å²) in [6.45, 7) is 8.50. The summed E-state index contributed by atoms with van der Waals surface area (Å²) in [6, 6.07) is 24.2. The number of halogens is 1. The van der Waals surface area contributed by atoms with Gasteiger partial charge in [-0.05, 0) is 69.9 Å². The molecular weight excluding hydrogens is 464 g/mol. The van der Waals surface area contributed by atoms with Crippen molar-refractivity contribution in [3.63, 3.8) is 0 Å². The van der Waals surface area contributed by atoms with Crippen LogP contribution in [0.1, 0.15) is 51.2 Å². The Hall–Kier alpha value is -2.30. The van der Waals surface area contributed by atoms with Crippen molar-refractivity contribution in [2.45, 2.75) is 52.1 Å². The SMILES string of the molecule is CCCCCOc1ccc(C(C)(C)COCc2cccc(Oc3ccccc3)c2)cc1Br. The van der Waals surface area contributed by atoms with Crippen molar-refractivity contribution in [3.05, 3.63) is 88.4 Å². The molecule has 3 rings (SSSR count). The molecule has 0 unspecified atom stereocenters. The average molecular weight is 497 g/mol. The molecule has 0 saturated heterocycles. The van der Waals surface area contributed by atoms with Gasteiger partial charge in [-0.1, -0.05) is 70.0 Å². The van der Waals surface area contributed by atoms with E-state index in [2.05, 4.69) is 61.0 Å².